The van der Waals surface area contributed by atoms with Crippen molar-refractivity contribution in [3.05, 3.63) is 53.6 Å². The summed E-state index contributed by atoms with van der Waals surface area (Å²) < 4.78 is 21.5. The van der Waals surface area contributed by atoms with E-state index in [0.29, 0.717) is 23.0 Å². The zero-order valence-corrected chi connectivity index (χ0v) is 15.2. The van der Waals surface area contributed by atoms with Gasteiger partial charge in [0.15, 0.2) is 23.0 Å². The second-order valence-electron chi connectivity index (χ2n) is 5.13. The summed E-state index contributed by atoms with van der Waals surface area (Å²) in [5.41, 5.74) is 2.93. The smallest absolute Gasteiger partial charge is 0.161 e. The molecule has 0 spiro atoms. The second kappa shape index (κ2) is 8.78. The van der Waals surface area contributed by atoms with Crippen LogP contribution in [0.25, 0.3) is 5.57 Å². The molecule has 0 saturated heterocycles. The molecule has 0 aromatic heterocycles. The van der Waals surface area contributed by atoms with Crippen LogP contribution in [0.3, 0.4) is 0 Å². The van der Waals surface area contributed by atoms with Crippen LogP contribution in [-0.4, -0.2) is 41.7 Å². The van der Waals surface area contributed by atoms with Crippen LogP contribution < -0.4 is 18.9 Å². The molecule has 2 rings (SSSR count). The number of allylic oxidation sites excluding steroid dienone is 1. The summed E-state index contributed by atoms with van der Waals surface area (Å²) in [5.74, 6) is 2.70. The Balaban J connectivity index is 2.58. The van der Waals surface area contributed by atoms with Crippen molar-refractivity contribution in [2.75, 3.05) is 35.5 Å². The van der Waals surface area contributed by atoms with E-state index in [9.17, 15) is 0 Å². The Morgan fingerprint density at radius 1 is 0.720 bits per heavy atom. The lowest BCUT2D eigenvalue weighted by Crippen LogP contribution is -1.96. The maximum Gasteiger partial charge on any atom is 0.161 e. The third kappa shape index (κ3) is 4.12. The van der Waals surface area contributed by atoms with Crippen LogP contribution in [-0.2, 0) is 0 Å². The van der Waals surface area contributed by atoms with Crippen molar-refractivity contribution in [3.63, 3.8) is 0 Å². The SMILES string of the molecule is CN=CC=C(c1ccc(OC)c(OC)c1)c1ccc(OC)c(OC)c1. The lowest BCUT2D eigenvalue weighted by molar-refractivity contribution is 0.354. The number of aliphatic imine (C=N–C) groups is 1. The molecule has 0 N–H and O–H groups in total. The topological polar surface area (TPSA) is 49.3 Å². The van der Waals surface area contributed by atoms with Crippen molar-refractivity contribution in [1.29, 1.82) is 0 Å². The zero-order chi connectivity index (χ0) is 18.2. The third-order valence-corrected chi connectivity index (χ3v) is 3.78. The van der Waals surface area contributed by atoms with Crippen LogP contribution in [0.2, 0.25) is 0 Å². The average Bonchev–Trinajstić information content (AvgIpc) is 2.67. The number of hydrogen-bond donors (Lipinski definition) is 0. The van der Waals surface area contributed by atoms with Gasteiger partial charge in [-0.1, -0.05) is 12.1 Å². The Hall–Kier alpha value is -2.95. The molecule has 0 amide bonds. The van der Waals surface area contributed by atoms with Crippen LogP contribution >= 0.6 is 0 Å². The molecule has 0 saturated carbocycles. The number of methoxy groups -OCH3 is 4. The maximum atomic E-state index is 5.42. The summed E-state index contributed by atoms with van der Waals surface area (Å²) in [4.78, 5) is 4.07. The Labute approximate surface area is 148 Å². The highest BCUT2D eigenvalue weighted by atomic mass is 16.5. The van der Waals surface area contributed by atoms with Gasteiger partial charge in [0.25, 0.3) is 0 Å². The van der Waals surface area contributed by atoms with E-state index in [2.05, 4.69) is 4.99 Å². The molecule has 0 atom stereocenters. The molecule has 0 aliphatic carbocycles. The first-order valence-electron chi connectivity index (χ1n) is 7.75. The summed E-state index contributed by atoms with van der Waals surface area (Å²) in [6, 6.07) is 11.6. The minimum atomic E-state index is 0.666. The van der Waals surface area contributed by atoms with Gasteiger partial charge in [-0.2, -0.15) is 0 Å². The van der Waals surface area contributed by atoms with Gasteiger partial charge in [0.2, 0.25) is 0 Å². The third-order valence-electron chi connectivity index (χ3n) is 3.78. The molecule has 2 aromatic carbocycles. The molecule has 2 aromatic rings. The molecular weight excluding hydrogens is 318 g/mol. The predicted molar refractivity (Wildman–Crippen MR) is 101 cm³/mol. The van der Waals surface area contributed by atoms with Gasteiger partial charge < -0.3 is 18.9 Å². The van der Waals surface area contributed by atoms with Crippen molar-refractivity contribution in [3.8, 4) is 23.0 Å². The van der Waals surface area contributed by atoms with Crippen LogP contribution in [0, 0.1) is 0 Å². The first-order chi connectivity index (χ1) is 12.2. The van der Waals surface area contributed by atoms with Gasteiger partial charge in [-0.3, -0.25) is 4.99 Å². The van der Waals surface area contributed by atoms with Gasteiger partial charge in [0.05, 0.1) is 28.4 Å². The van der Waals surface area contributed by atoms with Crippen LogP contribution in [0.5, 0.6) is 23.0 Å². The van der Waals surface area contributed by atoms with Crippen molar-refractivity contribution in [1.82, 2.24) is 0 Å². The Kier molecular flexibility index (Phi) is 6.46. The minimum absolute atomic E-state index is 0.666. The molecule has 5 heteroatoms. The van der Waals surface area contributed by atoms with Crippen LogP contribution in [0.15, 0.2) is 47.5 Å². The number of benzene rings is 2. The number of nitrogens with zero attached hydrogens (tertiary/aromatic N) is 1. The summed E-state index contributed by atoms with van der Waals surface area (Å²) in [7, 11) is 8.21. The molecule has 25 heavy (non-hydrogen) atoms. The molecule has 0 bridgehead atoms. The zero-order valence-electron chi connectivity index (χ0n) is 15.2. The number of ether oxygens (including phenoxy) is 4. The lowest BCUT2D eigenvalue weighted by Gasteiger charge is -2.14. The van der Waals surface area contributed by atoms with Crippen molar-refractivity contribution < 1.29 is 18.9 Å². The van der Waals surface area contributed by atoms with Crippen LogP contribution in [0.1, 0.15) is 11.1 Å². The normalized spacial score (nSPS) is 10.4. The summed E-state index contributed by atoms with van der Waals surface area (Å²) in [6.07, 6.45) is 3.70. The van der Waals surface area contributed by atoms with E-state index in [1.165, 1.54) is 0 Å². The van der Waals surface area contributed by atoms with E-state index < -0.39 is 0 Å². The van der Waals surface area contributed by atoms with Gasteiger partial charge in [0.1, 0.15) is 0 Å². The van der Waals surface area contributed by atoms with Crippen molar-refractivity contribution in [2.24, 2.45) is 4.99 Å². The fourth-order valence-electron chi connectivity index (χ4n) is 2.52. The highest BCUT2D eigenvalue weighted by Gasteiger charge is 2.12. The molecule has 0 fully saturated rings. The molecule has 0 radical (unpaired) electrons. The van der Waals surface area contributed by atoms with Gasteiger partial charge >= 0.3 is 0 Å². The Morgan fingerprint density at radius 3 is 1.52 bits per heavy atom. The van der Waals surface area contributed by atoms with E-state index in [1.807, 2.05) is 42.5 Å². The van der Waals surface area contributed by atoms with E-state index in [4.69, 9.17) is 18.9 Å². The van der Waals surface area contributed by atoms with Crippen molar-refractivity contribution >= 4 is 11.8 Å². The molecule has 0 aliphatic heterocycles. The molecular formula is C20H23NO4. The van der Waals surface area contributed by atoms with E-state index in [-0.39, 0.29) is 0 Å². The minimum Gasteiger partial charge on any atom is -0.493 e. The fraction of sp³-hybridized carbons (Fsp3) is 0.250. The fourth-order valence-corrected chi connectivity index (χ4v) is 2.52. The molecule has 0 aliphatic rings. The molecule has 0 heterocycles. The van der Waals surface area contributed by atoms with Gasteiger partial charge in [-0.15, -0.1) is 0 Å². The van der Waals surface area contributed by atoms with Crippen LogP contribution in [0.4, 0.5) is 0 Å². The summed E-state index contributed by atoms with van der Waals surface area (Å²) in [5, 5.41) is 0. The quantitative estimate of drug-likeness (QED) is 0.718. The van der Waals surface area contributed by atoms with Gasteiger partial charge in [0, 0.05) is 13.3 Å². The Bertz CT molecular complexity index is 724. The van der Waals surface area contributed by atoms with Gasteiger partial charge in [-0.05, 0) is 47.0 Å². The highest BCUT2D eigenvalue weighted by molar-refractivity contribution is 5.92. The second-order valence-corrected chi connectivity index (χ2v) is 5.13. The summed E-state index contributed by atoms with van der Waals surface area (Å²) >= 11 is 0. The largest absolute Gasteiger partial charge is 0.493 e. The lowest BCUT2D eigenvalue weighted by atomic mass is 9.97. The summed E-state index contributed by atoms with van der Waals surface area (Å²) in [6.45, 7) is 0. The van der Waals surface area contributed by atoms with Gasteiger partial charge in [-0.25, -0.2) is 0 Å². The Morgan fingerprint density at radius 2 is 1.16 bits per heavy atom. The van der Waals surface area contributed by atoms with Crippen molar-refractivity contribution in [2.45, 2.75) is 0 Å². The molecule has 5 nitrogen and oxygen atoms in total. The first kappa shape index (κ1) is 18.4. The number of rotatable bonds is 7. The monoisotopic (exact) mass is 341 g/mol. The van der Waals surface area contributed by atoms with E-state index in [0.717, 1.165) is 16.7 Å². The van der Waals surface area contributed by atoms with E-state index in [1.54, 1.807) is 41.7 Å². The first-order valence-corrected chi connectivity index (χ1v) is 7.75. The standard InChI is InChI=1S/C20H23NO4/c1-21-11-10-16(14-6-8-17(22-2)19(12-14)24-4)15-7-9-18(23-3)20(13-15)25-5/h6-13H,1-5H3. The number of hydrogen-bond acceptors (Lipinski definition) is 5. The maximum absolute atomic E-state index is 5.42. The predicted octanol–water partition coefficient (Wildman–Crippen LogP) is 3.85. The molecule has 132 valence electrons. The molecule has 0 unspecified atom stereocenters. The van der Waals surface area contributed by atoms with E-state index >= 15 is 0 Å². The highest BCUT2D eigenvalue weighted by Crippen LogP contribution is 2.36. The average molecular weight is 341 g/mol.